The maximum Gasteiger partial charge on any atom is 0.255 e. The molecule has 10 nitrogen and oxygen atoms in total. The molecule has 0 spiro atoms. The molecule has 0 bridgehead atoms. The maximum atomic E-state index is 12.9. The zero-order valence-electron chi connectivity index (χ0n) is 30.8. The number of amides is 3. The van der Waals surface area contributed by atoms with Crippen molar-refractivity contribution in [1.82, 2.24) is 10.2 Å². The number of nitrogens with zero attached hydrogens (tertiary/aromatic N) is 1. The second-order valence-electron chi connectivity index (χ2n) is 13.3. The highest BCUT2D eigenvalue weighted by atomic mass is 16.5. The molecule has 3 amide bonds. The van der Waals surface area contributed by atoms with Gasteiger partial charge in [-0.2, -0.15) is 0 Å². The van der Waals surface area contributed by atoms with Gasteiger partial charge in [0.15, 0.2) is 0 Å². The van der Waals surface area contributed by atoms with Gasteiger partial charge in [-0.25, -0.2) is 0 Å². The predicted octanol–water partition coefficient (Wildman–Crippen LogP) is 7.18. The van der Waals surface area contributed by atoms with E-state index in [-0.39, 0.29) is 24.0 Å². The van der Waals surface area contributed by atoms with E-state index < -0.39 is 11.9 Å². The van der Waals surface area contributed by atoms with Gasteiger partial charge in [0.25, 0.3) is 5.91 Å². The van der Waals surface area contributed by atoms with Crippen LogP contribution in [0.4, 0.5) is 0 Å². The average Bonchev–Trinajstić information content (AvgIpc) is 3.51. The van der Waals surface area contributed by atoms with Crippen molar-refractivity contribution in [3.8, 4) is 17.2 Å². The third-order valence-electron chi connectivity index (χ3n) is 9.55. The number of hydrogen-bond donors (Lipinski definition) is 2. The van der Waals surface area contributed by atoms with Gasteiger partial charge in [0, 0.05) is 57.8 Å². The van der Waals surface area contributed by atoms with Crippen molar-refractivity contribution in [2.24, 2.45) is 0 Å². The van der Waals surface area contributed by atoms with Crippen molar-refractivity contribution in [1.29, 1.82) is 0 Å². The Morgan fingerprint density at radius 2 is 1.31 bits per heavy atom. The molecule has 4 aromatic rings. The van der Waals surface area contributed by atoms with Crippen LogP contribution < -0.4 is 14.8 Å². The van der Waals surface area contributed by atoms with Crippen molar-refractivity contribution in [2.75, 3.05) is 39.6 Å². The van der Waals surface area contributed by atoms with Crippen LogP contribution in [0.3, 0.4) is 0 Å². The Morgan fingerprint density at radius 3 is 1.94 bits per heavy atom. The first-order valence-corrected chi connectivity index (χ1v) is 18.8. The lowest BCUT2D eigenvalue weighted by Gasteiger charge is -2.29. The fourth-order valence-electron chi connectivity index (χ4n) is 6.84. The minimum Gasteiger partial charge on any atom is -0.508 e. The summed E-state index contributed by atoms with van der Waals surface area (Å²) in [6, 6.07) is 30.7. The second kappa shape index (κ2) is 19.0. The quantitative estimate of drug-likeness (QED) is 0.0591. The number of rotatable bonds is 19. The Labute approximate surface area is 316 Å². The molecule has 54 heavy (non-hydrogen) atoms. The van der Waals surface area contributed by atoms with Crippen LogP contribution in [0.1, 0.15) is 78.1 Å². The number of piperidine rings is 1. The standard InChI is InChI=1S/C44H48N2O8/c1-2-38(31-9-4-3-5-10-31)42(32-11-15-35(47)16-12-32)33-13-17-36(18-14-33)53-27-7-25-51-23-6-24-52-26-8-28-54-37-19-20-39-34(29-37)30-46(44(39)50)40-21-22-41(48)45-43(40)49/h3-5,9-20,29,40,47H,2,6-8,21-28,30H2,1H3,(H,45,48,49)/b42-38-. The Hall–Kier alpha value is -5.45. The number of phenolic OH excluding ortho intramolecular Hbond substituents is 1. The van der Waals surface area contributed by atoms with Gasteiger partial charge in [-0.3, -0.25) is 19.7 Å². The summed E-state index contributed by atoms with van der Waals surface area (Å²) in [7, 11) is 0. The van der Waals surface area contributed by atoms with Gasteiger partial charge in [-0.1, -0.05) is 61.5 Å². The van der Waals surface area contributed by atoms with E-state index in [2.05, 4.69) is 48.6 Å². The number of imide groups is 1. The summed E-state index contributed by atoms with van der Waals surface area (Å²) in [6.45, 7) is 5.91. The van der Waals surface area contributed by atoms with Crippen molar-refractivity contribution in [3.05, 3.63) is 125 Å². The highest BCUT2D eigenvalue weighted by Crippen LogP contribution is 2.36. The summed E-state index contributed by atoms with van der Waals surface area (Å²) in [6.07, 6.45) is 3.72. The van der Waals surface area contributed by atoms with Gasteiger partial charge >= 0.3 is 0 Å². The van der Waals surface area contributed by atoms with Crippen LogP contribution in [0, 0.1) is 0 Å². The van der Waals surface area contributed by atoms with Crippen molar-refractivity contribution >= 4 is 28.9 Å². The summed E-state index contributed by atoms with van der Waals surface area (Å²) in [4.78, 5) is 38.2. The fraction of sp³-hybridized carbons (Fsp3) is 0.341. The molecular weight excluding hydrogens is 684 g/mol. The highest BCUT2D eigenvalue weighted by molar-refractivity contribution is 6.05. The number of aromatic hydroxyl groups is 1. The Balaban J connectivity index is 0.836. The van der Waals surface area contributed by atoms with Crippen molar-refractivity contribution in [2.45, 2.75) is 58.0 Å². The number of ether oxygens (including phenoxy) is 4. The lowest BCUT2D eigenvalue weighted by molar-refractivity contribution is -0.136. The first-order chi connectivity index (χ1) is 26.4. The third-order valence-corrected chi connectivity index (χ3v) is 9.55. The molecule has 1 atom stereocenters. The molecule has 0 radical (unpaired) electrons. The summed E-state index contributed by atoms with van der Waals surface area (Å²) < 4.78 is 23.4. The van der Waals surface area contributed by atoms with E-state index in [1.807, 2.05) is 36.4 Å². The lowest BCUT2D eigenvalue weighted by atomic mass is 9.88. The first-order valence-electron chi connectivity index (χ1n) is 18.8. The highest BCUT2D eigenvalue weighted by Gasteiger charge is 2.39. The van der Waals surface area contributed by atoms with Crippen molar-refractivity contribution < 1.29 is 38.4 Å². The summed E-state index contributed by atoms with van der Waals surface area (Å²) in [5, 5.41) is 12.2. The molecule has 0 aromatic heterocycles. The number of carbonyl (C=O) groups excluding carboxylic acids is 3. The van der Waals surface area contributed by atoms with Crippen LogP contribution in [-0.2, 0) is 25.6 Å². The zero-order valence-corrected chi connectivity index (χ0v) is 30.8. The normalized spacial score (nSPS) is 15.8. The van der Waals surface area contributed by atoms with Crippen LogP contribution >= 0.6 is 0 Å². The SMILES string of the molecule is CC/C(=C(\c1ccc(O)cc1)c1ccc(OCCCOCCCOCCCOc2ccc3c(c2)CN(C2CCC(=O)NC2=O)C3=O)cc1)c1ccccc1. The zero-order chi connectivity index (χ0) is 37.7. The number of hydrogen-bond acceptors (Lipinski definition) is 8. The number of benzene rings is 4. The van der Waals surface area contributed by atoms with Crippen LogP contribution in [0.15, 0.2) is 97.1 Å². The van der Waals surface area contributed by atoms with Gasteiger partial charge in [-0.05, 0) is 95.1 Å². The molecule has 0 saturated carbocycles. The molecule has 2 aliphatic heterocycles. The molecule has 10 heteroatoms. The van der Waals surface area contributed by atoms with Gasteiger partial charge in [0.1, 0.15) is 23.3 Å². The van der Waals surface area contributed by atoms with Crippen LogP contribution in [0.25, 0.3) is 11.1 Å². The minimum absolute atomic E-state index is 0.196. The number of phenols is 1. The third kappa shape index (κ3) is 9.94. The average molecular weight is 733 g/mol. The van der Waals surface area contributed by atoms with Crippen LogP contribution in [0.5, 0.6) is 17.2 Å². The number of nitrogens with one attached hydrogen (secondary N) is 1. The molecule has 6 rings (SSSR count). The Morgan fingerprint density at radius 1 is 0.722 bits per heavy atom. The van der Waals surface area contributed by atoms with Gasteiger partial charge in [0.2, 0.25) is 11.8 Å². The molecule has 4 aromatic carbocycles. The Bertz CT molecular complexity index is 1910. The van der Waals surface area contributed by atoms with Crippen LogP contribution in [0.2, 0.25) is 0 Å². The van der Waals surface area contributed by atoms with E-state index in [0.717, 1.165) is 53.7 Å². The molecule has 2 aliphatic rings. The second-order valence-corrected chi connectivity index (χ2v) is 13.3. The largest absolute Gasteiger partial charge is 0.508 e. The molecule has 1 unspecified atom stereocenters. The van der Waals surface area contributed by atoms with Gasteiger partial charge in [0.05, 0.1) is 13.2 Å². The van der Waals surface area contributed by atoms with E-state index >= 15 is 0 Å². The molecule has 1 saturated heterocycles. The minimum atomic E-state index is -0.630. The monoisotopic (exact) mass is 732 g/mol. The summed E-state index contributed by atoms with van der Waals surface area (Å²) in [5.74, 6) is 0.808. The van der Waals surface area contributed by atoms with Gasteiger partial charge < -0.3 is 29.0 Å². The molecule has 2 N–H and O–H groups in total. The fourth-order valence-corrected chi connectivity index (χ4v) is 6.84. The molecule has 1 fully saturated rings. The topological polar surface area (TPSA) is 124 Å². The number of allylic oxidation sites excluding steroid dienone is 1. The van der Waals surface area contributed by atoms with Crippen LogP contribution in [-0.4, -0.2) is 73.4 Å². The lowest BCUT2D eigenvalue weighted by Crippen LogP contribution is -2.52. The van der Waals surface area contributed by atoms with E-state index in [1.165, 1.54) is 16.0 Å². The molecular formula is C44H48N2O8. The van der Waals surface area contributed by atoms with Gasteiger partial charge in [-0.15, -0.1) is 0 Å². The summed E-state index contributed by atoms with van der Waals surface area (Å²) >= 11 is 0. The number of carbonyl (C=O) groups is 3. The van der Waals surface area contributed by atoms with E-state index in [9.17, 15) is 19.5 Å². The summed E-state index contributed by atoms with van der Waals surface area (Å²) in [5.41, 5.74) is 7.07. The smallest absolute Gasteiger partial charge is 0.255 e. The predicted molar refractivity (Wildman–Crippen MR) is 206 cm³/mol. The molecule has 0 aliphatic carbocycles. The first kappa shape index (κ1) is 38.3. The van der Waals surface area contributed by atoms with E-state index in [0.29, 0.717) is 63.9 Å². The maximum absolute atomic E-state index is 12.9. The van der Waals surface area contributed by atoms with E-state index in [4.69, 9.17) is 18.9 Å². The van der Waals surface area contributed by atoms with E-state index in [1.54, 1.807) is 24.3 Å². The molecule has 2 heterocycles. The Kier molecular flexibility index (Phi) is 13.5. The van der Waals surface area contributed by atoms with Crippen molar-refractivity contribution in [3.63, 3.8) is 0 Å². The molecule has 282 valence electrons. The number of fused-ring (bicyclic) bond motifs is 1.